The van der Waals surface area contributed by atoms with Crippen LogP contribution in [0.1, 0.15) is 68.4 Å². The lowest BCUT2D eigenvalue weighted by molar-refractivity contribution is 0.418. The maximum atomic E-state index is 5.04. The summed E-state index contributed by atoms with van der Waals surface area (Å²) in [5.74, 6) is 0.758. The zero-order chi connectivity index (χ0) is 13.9. The van der Waals surface area contributed by atoms with Crippen molar-refractivity contribution in [1.82, 2.24) is 10.3 Å². The molecule has 0 spiro atoms. The van der Waals surface area contributed by atoms with Crippen LogP contribution in [0.4, 0.5) is 5.13 Å². The van der Waals surface area contributed by atoms with Crippen molar-refractivity contribution >= 4 is 16.5 Å². The fraction of sp³-hybridized carbons (Fsp3) is 0.812. The van der Waals surface area contributed by atoms with Gasteiger partial charge in [-0.05, 0) is 39.7 Å². The second-order valence-electron chi connectivity index (χ2n) is 6.19. The number of thiazole rings is 1. The molecule has 4 heteroatoms. The topological polar surface area (TPSA) is 28.2 Å². The Kier molecular flexibility index (Phi) is 4.61. The van der Waals surface area contributed by atoms with Gasteiger partial charge in [0.1, 0.15) is 0 Å². The molecule has 3 rings (SSSR count). The van der Waals surface area contributed by atoms with E-state index in [1.165, 1.54) is 60.6 Å². The van der Waals surface area contributed by atoms with Gasteiger partial charge in [-0.3, -0.25) is 0 Å². The predicted octanol–water partition coefficient (Wildman–Crippen LogP) is 3.90. The lowest BCUT2D eigenvalue weighted by Crippen LogP contribution is -2.36. The van der Waals surface area contributed by atoms with Gasteiger partial charge in [-0.1, -0.05) is 19.3 Å². The molecule has 112 valence electrons. The highest BCUT2D eigenvalue weighted by molar-refractivity contribution is 7.15. The van der Waals surface area contributed by atoms with E-state index >= 15 is 0 Å². The first-order valence-electron chi connectivity index (χ1n) is 8.24. The second kappa shape index (κ2) is 6.44. The third-order valence-corrected chi connectivity index (χ3v) is 5.73. The first-order valence-corrected chi connectivity index (χ1v) is 9.06. The SMILES string of the molecule is CCN(c1nc(C2CC2)c(CNC)s1)C1CCCCC1. The van der Waals surface area contributed by atoms with Gasteiger partial charge in [0.2, 0.25) is 0 Å². The highest BCUT2D eigenvalue weighted by atomic mass is 32.1. The summed E-state index contributed by atoms with van der Waals surface area (Å²) >= 11 is 1.93. The molecule has 20 heavy (non-hydrogen) atoms. The van der Waals surface area contributed by atoms with E-state index in [1.807, 2.05) is 18.4 Å². The Morgan fingerprint density at radius 3 is 2.55 bits per heavy atom. The van der Waals surface area contributed by atoms with Crippen molar-refractivity contribution in [3.8, 4) is 0 Å². The van der Waals surface area contributed by atoms with E-state index in [0.29, 0.717) is 0 Å². The van der Waals surface area contributed by atoms with Crippen molar-refractivity contribution in [2.45, 2.75) is 70.4 Å². The molecule has 1 aromatic heterocycles. The molecule has 2 saturated carbocycles. The normalized spacial score (nSPS) is 20.3. The van der Waals surface area contributed by atoms with Crippen molar-refractivity contribution < 1.29 is 0 Å². The summed E-state index contributed by atoms with van der Waals surface area (Å²) in [4.78, 5) is 9.09. The third-order valence-electron chi connectivity index (χ3n) is 4.62. The number of nitrogens with zero attached hydrogens (tertiary/aromatic N) is 2. The average molecular weight is 293 g/mol. The van der Waals surface area contributed by atoms with E-state index in [4.69, 9.17) is 4.98 Å². The molecule has 0 bridgehead atoms. The third kappa shape index (κ3) is 3.01. The molecule has 1 aromatic rings. The molecule has 2 fully saturated rings. The van der Waals surface area contributed by atoms with E-state index in [-0.39, 0.29) is 0 Å². The minimum absolute atomic E-state index is 0.731. The van der Waals surface area contributed by atoms with Gasteiger partial charge in [0, 0.05) is 29.9 Å². The maximum Gasteiger partial charge on any atom is 0.186 e. The van der Waals surface area contributed by atoms with Gasteiger partial charge in [0.15, 0.2) is 5.13 Å². The fourth-order valence-corrected chi connectivity index (χ4v) is 4.67. The first kappa shape index (κ1) is 14.3. The lowest BCUT2D eigenvalue weighted by Gasteiger charge is -2.33. The highest BCUT2D eigenvalue weighted by Crippen LogP contribution is 2.44. The summed E-state index contributed by atoms with van der Waals surface area (Å²) in [5.41, 5.74) is 1.40. The molecule has 2 aliphatic carbocycles. The van der Waals surface area contributed by atoms with Crippen molar-refractivity contribution in [1.29, 1.82) is 0 Å². The van der Waals surface area contributed by atoms with Crippen LogP contribution in [0.5, 0.6) is 0 Å². The zero-order valence-electron chi connectivity index (χ0n) is 12.8. The van der Waals surface area contributed by atoms with Gasteiger partial charge >= 0.3 is 0 Å². The quantitative estimate of drug-likeness (QED) is 0.862. The summed E-state index contributed by atoms with van der Waals surface area (Å²) in [5, 5.41) is 4.59. The number of rotatable bonds is 6. The largest absolute Gasteiger partial charge is 0.345 e. The van der Waals surface area contributed by atoms with E-state index in [2.05, 4.69) is 17.1 Å². The molecule has 0 unspecified atom stereocenters. The number of anilines is 1. The van der Waals surface area contributed by atoms with Crippen LogP contribution in [0.3, 0.4) is 0 Å². The fourth-order valence-electron chi connectivity index (χ4n) is 3.38. The molecule has 2 aliphatic rings. The Labute approximate surface area is 126 Å². The lowest BCUT2D eigenvalue weighted by atomic mass is 9.94. The van der Waals surface area contributed by atoms with Crippen molar-refractivity contribution in [3.63, 3.8) is 0 Å². The van der Waals surface area contributed by atoms with Gasteiger partial charge in [0.05, 0.1) is 5.69 Å². The monoisotopic (exact) mass is 293 g/mol. The Balaban J connectivity index is 1.81. The van der Waals surface area contributed by atoms with Crippen LogP contribution >= 0.6 is 11.3 Å². The molecule has 0 aromatic carbocycles. The molecule has 0 saturated heterocycles. The minimum atomic E-state index is 0.731. The Morgan fingerprint density at radius 2 is 1.95 bits per heavy atom. The minimum Gasteiger partial charge on any atom is -0.345 e. The van der Waals surface area contributed by atoms with Crippen molar-refractivity contribution in [2.75, 3.05) is 18.5 Å². The average Bonchev–Trinajstić information content (AvgIpc) is 3.24. The molecule has 3 nitrogen and oxygen atoms in total. The number of hydrogen-bond acceptors (Lipinski definition) is 4. The van der Waals surface area contributed by atoms with Crippen LogP contribution in [0.2, 0.25) is 0 Å². The molecule has 1 N–H and O–H groups in total. The molecule has 0 amide bonds. The maximum absolute atomic E-state index is 5.04. The van der Waals surface area contributed by atoms with Crippen LogP contribution in [0.15, 0.2) is 0 Å². The predicted molar refractivity (Wildman–Crippen MR) is 86.7 cm³/mol. The highest BCUT2D eigenvalue weighted by Gasteiger charge is 2.31. The van der Waals surface area contributed by atoms with Gasteiger partial charge in [0.25, 0.3) is 0 Å². The molecule has 0 atom stereocenters. The van der Waals surface area contributed by atoms with Gasteiger partial charge in [-0.25, -0.2) is 4.98 Å². The molecule has 1 heterocycles. The van der Waals surface area contributed by atoms with Crippen LogP contribution in [-0.4, -0.2) is 24.6 Å². The first-order chi connectivity index (χ1) is 9.83. The van der Waals surface area contributed by atoms with Gasteiger partial charge in [-0.15, -0.1) is 11.3 Å². The Hall–Kier alpha value is -0.610. The summed E-state index contributed by atoms with van der Waals surface area (Å²) in [7, 11) is 2.04. The van der Waals surface area contributed by atoms with E-state index in [1.54, 1.807) is 0 Å². The number of aromatic nitrogens is 1. The summed E-state index contributed by atoms with van der Waals surface area (Å²) in [6.45, 7) is 4.36. The van der Waals surface area contributed by atoms with Gasteiger partial charge in [-0.2, -0.15) is 0 Å². The summed E-state index contributed by atoms with van der Waals surface area (Å²) < 4.78 is 0. The van der Waals surface area contributed by atoms with E-state index in [0.717, 1.165) is 25.0 Å². The van der Waals surface area contributed by atoms with Crippen LogP contribution < -0.4 is 10.2 Å². The Bertz CT molecular complexity index is 433. The summed E-state index contributed by atoms with van der Waals surface area (Å²) in [6, 6.07) is 0.731. The molecule has 0 aliphatic heterocycles. The molecular weight excluding hydrogens is 266 g/mol. The Morgan fingerprint density at radius 1 is 1.20 bits per heavy atom. The smallest absolute Gasteiger partial charge is 0.186 e. The standard InChI is InChI=1S/C16H27N3S/c1-3-19(13-7-5-4-6-8-13)16-18-15(12-9-10-12)14(20-16)11-17-2/h12-13,17H,3-11H2,1-2H3. The number of hydrogen-bond donors (Lipinski definition) is 1. The molecular formula is C16H27N3S. The van der Waals surface area contributed by atoms with Gasteiger partial charge < -0.3 is 10.2 Å². The van der Waals surface area contributed by atoms with Crippen molar-refractivity contribution in [3.05, 3.63) is 10.6 Å². The second-order valence-corrected chi connectivity index (χ2v) is 7.25. The summed E-state index contributed by atoms with van der Waals surface area (Å²) in [6.07, 6.45) is 9.60. The van der Waals surface area contributed by atoms with Crippen molar-refractivity contribution in [2.24, 2.45) is 0 Å². The van der Waals surface area contributed by atoms with Crippen LogP contribution in [-0.2, 0) is 6.54 Å². The van der Waals surface area contributed by atoms with E-state index in [9.17, 15) is 0 Å². The zero-order valence-corrected chi connectivity index (χ0v) is 13.6. The molecule has 0 radical (unpaired) electrons. The number of nitrogens with one attached hydrogen (secondary N) is 1. The van der Waals surface area contributed by atoms with E-state index < -0.39 is 0 Å². The van der Waals surface area contributed by atoms with Crippen LogP contribution in [0, 0.1) is 0 Å². The van der Waals surface area contributed by atoms with Crippen LogP contribution in [0.25, 0.3) is 0 Å².